The van der Waals surface area contributed by atoms with Gasteiger partial charge >= 0.3 is 0 Å². The minimum absolute atomic E-state index is 0.0267. The van der Waals surface area contributed by atoms with E-state index in [1.54, 1.807) is 19.4 Å². The second kappa shape index (κ2) is 9.31. The van der Waals surface area contributed by atoms with Crippen molar-refractivity contribution in [3.8, 4) is 5.75 Å². The summed E-state index contributed by atoms with van der Waals surface area (Å²) in [5.41, 5.74) is 2.05. The topological polar surface area (TPSA) is 63.7 Å². The maximum Gasteiger partial charge on any atom is 0.222 e. The Balaban J connectivity index is 1.44. The third-order valence-corrected chi connectivity index (χ3v) is 4.38. The van der Waals surface area contributed by atoms with Crippen molar-refractivity contribution in [3.05, 3.63) is 59.9 Å². The van der Waals surface area contributed by atoms with Gasteiger partial charge < -0.3 is 14.8 Å². The first kappa shape index (κ1) is 18.4. The normalized spacial score (nSPS) is 17.7. The summed E-state index contributed by atoms with van der Waals surface area (Å²) in [4.78, 5) is 18.8. The molecule has 26 heavy (non-hydrogen) atoms. The number of carbonyl (C=O) groups excluding carboxylic acids is 1. The number of amides is 1. The van der Waals surface area contributed by atoms with Gasteiger partial charge in [-0.05, 0) is 11.6 Å². The minimum Gasteiger partial charge on any atom is -0.497 e. The average molecular weight is 355 g/mol. The number of hydrogen-bond donors (Lipinski definition) is 1. The Morgan fingerprint density at radius 2 is 2.19 bits per heavy atom. The van der Waals surface area contributed by atoms with Crippen LogP contribution in [-0.4, -0.2) is 48.7 Å². The molecule has 0 radical (unpaired) electrons. The molecular weight excluding hydrogens is 330 g/mol. The fourth-order valence-electron chi connectivity index (χ4n) is 3.04. The molecular formula is C20H25N3O3. The summed E-state index contributed by atoms with van der Waals surface area (Å²) in [5, 5.41) is 2.91. The summed E-state index contributed by atoms with van der Waals surface area (Å²) in [6, 6.07) is 14.0. The van der Waals surface area contributed by atoms with Crippen LogP contribution in [0.2, 0.25) is 0 Å². The van der Waals surface area contributed by atoms with E-state index in [1.165, 1.54) is 5.56 Å². The number of pyridine rings is 1. The third-order valence-electron chi connectivity index (χ3n) is 4.38. The Morgan fingerprint density at radius 1 is 1.35 bits per heavy atom. The molecule has 6 nitrogen and oxygen atoms in total. The number of nitrogens with one attached hydrogen (secondary N) is 1. The van der Waals surface area contributed by atoms with Crippen LogP contribution in [0.3, 0.4) is 0 Å². The zero-order valence-electron chi connectivity index (χ0n) is 15.1. The first-order valence-corrected chi connectivity index (χ1v) is 8.86. The SMILES string of the molecule is COc1ccnc(CNC(=O)C[C@@H]2CN(Cc3ccccc3)CCO2)c1. The van der Waals surface area contributed by atoms with Crippen molar-refractivity contribution in [1.29, 1.82) is 0 Å². The lowest BCUT2D eigenvalue weighted by atomic mass is 10.1. The van der Waals surface area contributed by atoms with Crippen LogP contribution in [0, 0.1) is 0 Å². The molecule has 0 spiro atoms. The fraction of sp³-hybridized carbons (Fsp3) is 0.400. The van der Waals surface area contributed by atoms with Crippen LogP contribution in [0.15, 0.2) is 48.7 Å². The van der Waals surface area contributed by atoms with E-state index in [-0.39, 0.29) is 12.0 Å². The Kier molecular flexibility index (Phi) is 6.57. The van der Waals surface area contributed by atoms with Gasteiger partial charge in [-0.3, -0.25) is 14.7 Å². The van der Waals surface area contributed by atoms with Crippen LogP contribution >= 0.6 is 0 Å². The van der Waals surface area contributed by atoms with Gasteiger partial charge in [-0.15, -0.1) is 0 Å². The van der Waals surface area contributed by atoms with Gasteiger partial charge in [-0.1, -0.05) is 30.3 Å². The van der Waals surface area contributed by atoms with Crippen molar-refractivity contribution >= 4 is 5.91 Å². The lowest BCUT2D eigenvalue weighted by Crippen LogP contribution is -2.44. The number of ether oxygens (including phenoxy) is 2. The van der Waals surface area contributed by atoms with Crippen LogP contribution in [0.4, 0.5) is 0 Å². The van der Waals surface area contributed by atoms with E-state index in [0.717, 1.165) is 31.1 Å². The van der Waals surface area contributed by atoms with Crippen LogP contribution in [-0.2, 0) is 22.6 Å². The molecule has 138 valence electrons. The molecule has 1 aromatic heterocycles. The molecule has 0 unspecified atom stereocenters. The monoisotopic (exact) mass is 355 g/mol. The zero-order valence-corrected chi connectivity index (χ0v) is 15.1. The molecule has 1 aromatic carbocycles. The molecule has 1 amide bonds. The summed E-state index contributed by atoms with van der Waals surface area (Å²) in [6.07, 6.45) is 1.95. The summed E-state index contributed by atoms with van der Waals surface area (Å²) in [5.74, 6) is 0.706. The maximum absolute atomic E-state index is 12.2. The van der Waals surface area contributed by atoms with E-state index in [9.17, 15) is 4.79 Å². The number of rotatable bonds is 7. The first-order chi connectivity index (χ1) is 12.7. The van der Waals surface area contributed by atoms with Crippen molar-refractivity contribution < 1.29 is 14.3 Å². The van der Waals surface area contributed by atoms with Crippen LogP contribution in [0.25, 0.3) is 0 Å². The summed E-state index contributed by atoms with van der Waals surface area (Å²) < 4.78 is 10.9. The van der Waals surface area contributed by atoms with Gasteiger partial charge in [0.2, 0.25) is 5.91 Å². The van der Waals surface area contributed by atoms with E-state index in [0.29, 0.717) is 19.6 Å². The van der Waals surface area contributed by atoms with Crippen LogP contribution in [0.1, 0.15) is 17.7 Å². The predicted octanol–water partition coefficient (Wildman–Crippen LogP) is 2.00. The van der Waals surface area contributed by atoms with Crippen molar-refractivity contribution in [2.75, 3.05) is 26.8 Å². The van der Waals surface area contributed by atoms with Crippen molar-refractivity contribution in [3.63, 3.8) is 0 Å². The number of carbonyl (C=O) groups is 1. The molecule has 2 heterocycles. The van der Waals surface area contributed by atoms with Crippen molar-refractivity contribution in [1.82, 2.24) is 15.2 Å². The number of methoxy groups -OCH3 is 1. The smallest absolute Gasteiger partial charge is 0.222 e. The van der Waals surface area contributed by atoms with Gasteiger partial charge in [0.25, 0.3) is 0 Å². The number of aromatic nitrogens is 1. The van der Waals surface area contributed by atoms with E-state index >= 15 is 0 Å². The van der Waals surface area contributed by atoms with Gasteiger partial charge in [0.15, 0.2) is 0 Å². The molecule has 1 fully saturated rings. The van der Waals surface area contributed by atoms with Crippen LogP contribution in [0.5, 0.6) is 5.75 Å². The lowest BCUT2D eigenvalue weighted by Gasteiger charge is -2.32. The van der Waals surface area contributed by atoms with E-state index in [1.807, 2.05) is 24.3 Å². The second-order valence-corrected chi connectivity index (χ2v) is 6.38. The van der Waals surface area contributed by atoms with E-state index < -0.39 is 0 Å². The van der Waals surface area contributed by atoms with E-state index in [2.05, 4.69) is 27.3 Å². The standard InChI is InChI=1S/C20H25N3O3/c1-25-18-7-8-21-17(11-18)13-22-20(24)12-19-15-23(9-10-26-19)14-16-5-3-2-4-6-16/h2-8,11,19H,9-10,12-15H2,1H3,(H,22,24)/t19-/m1/s1. The molecule has 1 aliphatic heterocycles. The first-order valence-electron chi connectivity index (χ1n) is 8.86. The zero-order chi connectivity index (χ0) is 18.2. The number of nitrogens with zero attached hydrogens (tertiary/aromatic N) is 2. The van der Waals surface area contributed by atoms with Gasteiger partial charge in [-0.2, -0.15) is 0 Å². The quantitative estimate of drug-likeness (QED) is 0.823. The van der Waals surface area contributed by atoms with Crippen molar-refractivity contribution in [2.24, 2.45) is 0 Å². The number of morpholine rings is 1. The largest absolute Gasteiger partial charge is 0.497 e. The van der Waals surface area contributed by atoms with E-state index in [4.69, 9.17) is 9.47 Å². The van der Waals surface area contributed by atoms with Gasteiger partial charge in [0, 0.05) is 31.9 Å². The summed E-state index contributed by atoms with van der Waals surface area (Å²) >= 11 is 0. The minimum atomic E-state index is -0.0780. The van der Waals surface area contributed by atoms with Gasteiger partial charge in [0.1, 0.15) is 5.75 Å². The molecule has 1 N–H and O–H groups in total. The summed E-state index contributed by atoms with van der Waals surface area (Å²) in [7, 11) is 1.61. The molecule has 3 rings (SSSR count). The maximum atomic E-state index is 12.2. The lowest BCUT2D eigenvalue weighted by molar-refractivity contribution is -0.126. The molecule has 0 aliphatic carbocycles. The molecule has 1 saturated heterocycles. The highest BCUT2D eigenvalue weighted by Gasteiger charge is 2.22. The molecule has 0 bridgehead atoms. The predicted molar refractivity (Wildman–Crippen MR) is 98.7 cm³/mol. The molecule has 6 heteroatoms. The number of hydrogen-bond acceptors (Lipinski definition) is 5. The van der Waals surface area contributed by atoms with Gasteiger partial charge in [0.05, 0.1) is 38.5 Å². The Hall–Kier alpha value is -2.44. The molecule has 1 atom stereocenters. The molecule has 0 saturated carbocycles. The molecule has 1 aliphatic rings. The highest BCUT2D eigenvalue weighted by molar-refractivity contribution is 5.76. The average Bonchev–Trinajstić information content (AvgIpc) is 2.68. The van der Waals surface area contributed by atoms with Crippen LogP contribution < -0.4 is 10.1 Å². The third kappa shape index (κ3) is 5.54. The highest BCUT2D eigenvalue weighted by Crippen LogP contribution is 2.13. The summed E-state index contributed by atoms with van der Waals surface area (Å²) in [6.45, 7) is 3.58. The fourth-order valence-corrected chi connectivity index (χ4v) is 3.04. The highest BCUT2D eigenvalue weighted by atomic mass is 16.5. The Labute approximate surface area is 154 Å². The van der Waals surface area contributed by atoms with Crippen molar-refractivity contribution in [2.45, 2.75) is 25.6 Å². The molecule has 2 aromatic rings. The van der Waals surface area contributed by atoms with Gasteiger partial charge in [-0.25, -0.2) is 0 Å². The Bertz CT molecular complexity index is 708. The second-order valence-electron chi connectivity index (χ2n) is 6.38. The number of benzene rings is 1. The Morgan fingerprint density at radius 3 is 3.00 bits per heavy atom.